The van der Waals surface area contributed by atoms with Crippen molar-refractivity contribution < 1.29 is 9.90 Å². The van der Waals surface area contributed by atoms with Crippen molar-refractivity contribution in [2.75, 3.05) is 0 Å². The zero-order chi connectivity index (χ0) is 14.8. The van der Waals surface area contributed by atoms with Crippen molar-refractivity contribution in [2.24, 2.45) is 0 Å². The van der Waals surface area contributed by atoms with E-state index >= 15 is 0 Å². The molecule has 1 N–H and O–H groups in total. The highest BCUT2D eigenvalue weighted by Crippen LogP contribution is 2.33. The highest BCUT2D eigenvalue weighted by molar-refractivity contribution is 5.85. The fraction of sp³-hybridized carbons (Fsp3) is 0.250. The van der Waals surface area contributed by atoms with Gasteiger partial charge in [0.15, 0.2) is 0 Å². The van der Waals surface area contributed by atoms with Crippen LogP contribution in [-0.4, -0.2) is 20.2 Å². The van der Waals surface area contributed by atoms with Gasteiger partial charge >= 0.3 is 11.7 Å². The number of carboxylic acid groups (broad SMARTS) is 1. The summed E-state index contributed by atoms with van der Waals surface area (Å²) in [6.07, 6.45) is 8.43. The molecule has 0 aliphatic heterocycles. The van der Waals surface area contributed by atoms with Crippen LogP contribution in [0.5, 0.6) is 0 Å². The topological polar surface area (TPSA) is 64.2 Å². The summed E-state index contributed by atoms with van der Waals surface area (Å²) in [5.74, 6) is -0.984. The number of imidazole rings is 1. The Kier molecular flexibility index (Phi) is 3.48. The van der Waals surface area contributed by atoms with Gasteiger partial charge in [0.05, 0.1) is 6.54 Å². The molecule has 0 saturated heterocycles. The number of aliphatic carboxylic acids is 1. The van der Waals surface area contributed by atoms with Crippen LogP contribution in [-0.2, 0) is 11.3 Å². The minimum atomic E-state index is -0.984. The van der Waals surface area contributed by atoms with Crippen LogP contribution >= 0.6 is 0 Å². The molecule has 0 radical (unpaired) electrons. The fourth-order valence-corrected chi connectivity index (χ4v) is 2.36. The summed E-state index contributed by atoms with van der Waals surface area (Å²) in [7, 11) is 0. The molecule has 1 aliphatic rings. The number of carbonyl (C=O) groups is 1. The van der Waals surface area contributed by atoms with Crippen molar-refractivity contribution in [3.8, 4) is 0 Å². The van der Waals surface area contributed by atoms with Crippen molar-refractivity contribution in [2.45, 2.75) is 25.4 Å². The number of hydrogen-bond donors (Lipinski definition) is 1. The van der Waals surface area contributed by atoms with Crippen LogP contribution in [0.4, 0.5) is 0 Å². The van der Waals surface area contributed by atoms with Crippen LogP contribution in [0.3, 0.4) is 0 Å². The minimum absolute atomic E-state index is 0.00508. The molecule has 5 nitrogen and oxygen atoms in total. The highest BCUT2D eigenvalue weighted by atomic mass is 16.4. The van der Waals surface area contributed by atoms with Gasteiger partial charge < -0.3 is 5.11 Å². The number of benzene rings is 1. The second kappa shape index (κ2) is 5.44. The van der Waals surface area contributed by atoms with E-state index < -0.39 is 5.97 Å². The monoisotopic (exact) mass is 284 g/mol. The summed E-state index contributed by atoms with van der Waals surface area (Å²) >= 11 is 0. The number of hydrogen-bond acceptors (Lipinski definition) is 2. The first-order valence-corrected chi connectivity index (χ1v) is 6.91. The Hall–Kier alpha value is -2.56. The molecular weight excluding hydrogens is 268 g/mol. The average Bonchev–Trinajstić information content (AvgIpc) is 3.24. The van der Waals surface area contributed by atoms with Crippen molar-refractivity contribution >= 4 is 12.0 Å². The lowest BCUT2D eigenvalue weighted by molar-refractivity contribution is -0.131. The Balaban J connectivity index is 1.88. The van der Waals surface area contributed by atoms with Gasteiger partial charge in [0.1, 0.15) is 0 Å². The Bertz CT molecular complexity index is 751. The van der Waals surface area contributed by atoms with E-state index in [1.54, 1.807) is 21.4 Å². The quantitative estimate of drug-likeness (QED) is 0.855. The maximum atomic E-state index is 12.2. The Labute approximate surface area is 121 Å². The lowest BCUT2D eigenvalue weighted by Crippen LogP contribution is -2.24. The van der Waals surface area contributed by atoms with Gasteiger partial charge in [-0.05, 0) is 30.0 Å². The largest absolute Gasteiger partial charge is 0.478 e. The summed E-state index contributed by atoms with van der Waals surface area (Å²) in [5, 5.41) is 8.73. The number of aromatic nitrogens is 2. The van der Waals surface area contributed by atoms with Gasteiger partial charge in [0, 0.05) is 24.5 Å². The SMILES string of the molecule is O=C(O)/C=C/c1ccccc1Cn1ccn(C2CC2)c1=O. The molecule has 1 saturated carbocycles. The molecule has 2 aromatic rings. The van der Waals surface area contributed by atoms with E-state index in [1.165, 1.54) is 0 Å². The van der Waals surface area contributed by atoms with E-state index in [4.69, 9.17) is 5.11 Å². The molecule has 1 aromatic carbocycles. The van der Waals surface area contributed by atoms with Gasteiger partial charge in [0.2, 0.25) is 0 Å². The molecule has 0 unspecified atom stereocenters. The predicted octanol–water partition coefficient (Wildman–Crippen LogP) is 2.13. The number of rotatable bonds is 5. The lowest BCUT2D eigenvalue weighted by Gasteiger charge is -2.06. The smallest absolute Gasteiger partial charge is 0.328 e. The molecule has 21 heavy (non-hydrogen) atoms. The third-order valence-corrected chi connectivity index (χ3v) is 3.62. The molecule has 108 valence electrons. The molecule has 5 heteroatoms. The fourth-order valence-electron chi connectivity index (χ4n) is 2.36. The van der Waals surface area contributed by atoms with E-state index in [1.807, 2.05) is 30.5 Å². The van der Waals surface area contributed by atoms with E-state index in [0.717, 1.165) is 30.0 Å². The van der Waals surface area contributed by atoms with Crippen molar-refractivity contribution in [1.29, 1.82) is 0 Å². The van der Waals surface area contributed by atoms with Crippen LogP contribution < -0.4 is 5.69 Å². The molecule has 0 amide bonds. The molecular formula is C16H16N2O3. The lowest BCUT2D eigenvalue weighted by atomic mass is 10.1. The first kappa shape index (κ1) is 13.4. The van der Waals surface area contributed by atoms with Gasteiger partial charge in [-0.1, -0.05) is 24.3 Å². The first-order valence-electron chi connectivity index (χ1n) is 6.91. The Morgan fingerprint density at radius 3 is 2.76 bits per heavy atom. The second-order valence-corrected chi connectivity index (χ2v) is 5.22. The van der Waals surface area contributed by atoms with Crippen LogP contribution in [0.1, 0.15) is 30.0 Å². The Morgan fingerprint density at radius 1 is 1.29 bits per heavy atom. The van der Waals surface area contributed by atoms with E-state index in [0.29, 0.717) is 12.6 Å². The van der Waals surface area contributed by atoms with Crippen LogP contribution in [0.15, 0.2) is 47.5 Å². The molecule has 1 fully saturated rings. The normalized spacial score (nSPS) is 14.7. The summed E-state index contributed by atoms with van der Waals surface area (Å²) in [4.78, 5) is 22.9. The summed E-state index contributed by atoms with van der Waals surface area (Å²) < 4.78 is 3.43. The van der Waals surface area contributed by atoms with Crippen LogP contribution in [0, 0.1) is 0 Å². The summed E-state index contributed by atoms with van der Waals surface area (Å²) in [6.45, 7) is 0.443. The van der Waals surface area contributed by atoms with Crippen molar-refractivity contribution in [3.63, 3.8) is 0 Å². The number of carboxylic acids is 1. The zero-order valence-corrected chi connectivity index (χ0v) is 11.5. The maximum absolute atomic E-state index is 12.2. The summed E-state index contributed by atoms with van der Waals surface area (Å²) in [6, 6.07) is 7.85. The third kappa shape index (κ3) is 2.97. The molecule has 0 spiro atoms. The molecule has 1 aliphatic carbocycles. The molecule has 1 heterocycles. The van der Waals surface area contributed by atoms with Crippen molar-refractivity contribution in [3.05, 3.63) is 64.3 Å². The minimum Gasteiger partial charge on any atom is -0.478 e. The Morgan fingerprint density at radius 2 is 2.05 bits per heavy atom. The summed E-state index contributed by atoms with van der Waals surface area (Å²) in [5.41, 5.74) is 1.73. The molecule has 3 rings (SSSR count). The average molecular weight is 284 g/mol. The zero-order valence-electron chi connectivity index (χ0n) is 11.5. The maximum Gasteiger partial charge on any atom is 0.328 e. The van der Waals surface area contributed by atoms with Crippen LogP contribution in [0.25, 0.3) is 6.08 Å². The highest BCUT2D eigenvalue weighted by Gasteiger charge is 2.25. The van der Waals surface area contributed by atoms with E-state index in [2.05, 4.69) is 0 Å². The second-order valence-electron chi connectivity index (χ2n) is 5.22. The van der Waals surface area contributed by atoms with Gasteiger partial charge in [-0.3, -0.25) is 9.13 Å². The van der Waals surface area contributed by atoms with Gasteiger partial charge in [0.25, 0.3) is 0 Å². The van der Waals surface area contributed by atoms with Crippen molar-refractivity contribution in [1.82, 2.24) is 9.13 Å². The standard InChI is InChI=1S/C16H16N2O3/c19-15(20)8-5-12-3-1-2-4-13(12)11-17-9-10-18(16(17)21)14-6-7-14/h1-5,8-10,14H,6-7,11H2,(H,19,20)/b8-5+. The first-order chi connectivity index (χ1) is 10.1. The molecule has 0 bridgehead atoms. The predicted molar refractivity (Wildman–Crippen MR) is 79.2 cm³/mol. The van der Waals surface area contributed by atoms with Gasteiger partial charge in [-0.25, -0.2) is 9.59 Å². The van der Waals surface area contributed by atoms with E-state index in [9.17, 15) is 9.59 Å². The number of nitrogens with zero attached hydrogens (tertiary/aromatic N) is 2. The van der Waals surface area contributed by atoms with E-state index in [-0.39, 0.29) is 5.69 Å². The third-order valence-electron chi connectivity index (χ3n) is 3.62. The molecule has 0 atom stereocenters. The van der Waals surface area contributed by atoms with Gasteiger partial charge in [-0.2, -0.15) is 0 Å². The van der Waals surface area contributed by atoms with Crippen LogP contribution in [0.2, 0.25) is 0 Å². The molecule has 1 aromatic heterocycles. The van der Waals surface area contributed by atoms with Gasteiger partial charge in [-0.15, -0.1) is 0 Å².